The van der Waals surface area contributed by atoms with Crippen molar-refractivity contribution in [3.63, 3.8) is 0 Å². The van der Waals surface area contributed by atoms with Gasteiger partial charge in [-0.15, -0.1) is 0 Å². The molecule has 1 aliphatic heterocycles. The second-order valence-corrected chi connectivity index (χ2v) is 5.56. The zero-order valence-electron chi connectivity index (χ0n) is 13.6. The lowest BCUT2D eigenvalue weighted by Gasteiger charge is -2.32. The van der Waals surface area contributed by atoms with Gasteiger partial charge in [0.1, 0.15) is 5.56 Å². The molecule has 1 fully saturated rings. The van der Waals surface area contributed by atoms with Gasteiger partial charge in [-0.1, -0.05) is 6.92 Å². The second-order valence-electron chi connectivity index (χ2n) is 5.56. The number of nitro groups is 1. The van der Waals surface area contributed by atoms with Crippen LogP contribution in [0.15, 0.2) is 18.2 Å². The maximum atomic E-state index is 11.9. The fraction of sp³-hybridized carbons (Fsp3) is 0.562. The third-order valence-electron chi connectivity index (χ3n) is 4.09. The maximum Gasteiger partial charge on any atom is 0.345 e. The molecule has 1 aromatic carbocycles. The van der Waals surface area contributed by atoms with Crippen LogP contribution in [0.2, 0.25) is 0 Å². The average molecular weight is 321 g/mol. The van der Waals surface area contributed by atoms with Crippen LogP contribution in [0.25, 0.3) is 0 Å². The number of benzene rings is 1. The van der Waals surface area contributed by atoms with Crippen molar-refractivity contribution in [3.8, 4) is 0 Å². The van der Waals surface area contributed by atoms with E-state index in [1.807, 2.05) is 0 Å². The Hall–Kier alpha value is -2.15. The molecule has 1 saturated heterocycles. The van der Waals surface area contributed by atoms with Crippen LogP contribution in [-0.2, 0) is 4.74 Å². The first-order chi connectivity index (χ1) is 11.0. The molecule has 2 rings (SSSR count). The smallest absolute Gasteiger partial charge is 0.345 e. The van der Waals surface area contributed by atoms with Crippen LogP contribution in [0, 0.1) is 10.1 Å². The highest BCUT2D eigenvalue weighted by Crippen LogP contribution is 2.25. The quantitative estimate of drug-likeness (QED) is 0.492. The van der Waals surface area contributed by atoms with E-state index in [1.165, 1.54) is 12.1 Å². The van der Waals surface area contributed by atoms with Crippen molar-refractivity contribution in [1.82, 2.24) is 4.90 Å². The molecule has 0 radical (unpaired) electrons. The summed E-state index contributed by atoms with van der Waals surface area (Å²) in [7, 11) is 0. The van der Waals surface area contributed by atoms with Gasteiger partial charge in [0.2, 0.25) is 0 Å². The third kappa shape index (κ3) is 4.41. The number of anilines is 1. The molecule has 0 aromatic heterocycles. The SMILES string of the molecule is CCOC(=O)c1cc(NC2CCN(CC)CC2)ccc1[N+](=O)[O-]. The zero-order valence-corrected chi connectivity index (χ0v) is 13.6. The molecule has 0 atom stereocenters. The summed E-state index contributed by atoms with van der Waals surface area (Å²) in [6, 6.07) is 4.83. The molecular weight excluding hydrogens is 298 g/mol. The first-order valence-electron chi connectivity index (χ1n) is 7.99. The summed E-state index contributed by atoms with van der Waals surface area (Å²) in [5, 5.41) is 14.4. The normalized spacial score (nSPS) is 16.1. The van der Waals surface area contributed by atoms with E-state index in [0.717, 1.165) is 32.5 Å². The summed E-state index contributed by atoms with van der Waals surface area (Å²) in [5.41, 5.74) is 0.483. The predicted octanol–water partition coefficient (Wildman–Crippen LogP) is 2.67. The minimum absolute atomic E-state index is 0.00663. The lowest BCUT2D eigenvalue weighted by atomic mass is 10.0. The lowest BCUT2D eigenvalue weighted by Crippen LogP contribution is -2.38. The van der Waals surface area contributed by atoms with Gasteiger partial charge < -0.3 is 15.0 Å². The Labute approximate surface area is 135 Å². The second kappa shape index (κ2) is 7.92. The van der Waals surface area contributed by atoms with Crippen molar-refractivity contribution >= 4 is 17.3 Å². The number of carbonyl (C=O) groups is 1. The molecule has 0 aliphatic carbocycles. The van der Waals surface area contributed by atoms with E-state index in [9.17, 15) is 14.9 Å². The number of likely N-dealkylation sites (tertiary alicyclic amines) is 1. The molecule has 1 heterocycles. The highest BCUT2D eigenvalue weighted by Gasteiger charge is 2.23. The third-order valence-corrected chi connectivity index (χ3v) is 4.09. The summed E-state index contributed by atoms with van der Waals surface area (Å²) in [4.78, 5) is 24.8. The van der Waals surface area contributed by atoms with Crippen LogP contribution in [0.1, 0.15) is 37.0 Å². The minimum atomic E-state index is -0.663. The van der Waals surface area contributed by atoms with Crippen molar-refractivity contribution in [2.75, 3.05) is 31.6 Å². The van der Waals surface area contributed by atoms with E-state index in [-0.39, 0.29) is 17.9 Å². The maximum absolute atomic E-state index is 11.9. The zero-order chi connectivity index (χ0) is 16.8. The number of esters is 1. The van der Waals surface area contributed by atoms with Crippen LogP contribution < -0.4 is 5.32 Å². The van der Waals surface area contributed by atoms with Gasteiger partial charge in [-0.05, 0) is 38.4 Å². The standard InChI is InChI=1S/C16H23N3O4/c1-3-18-9-7-12(8-10-18)17-13-5-6-15(19(21)22)14(11-13)16(20)23-4-2/h5-6,11-12,17H,3-4,7-10H2,1-2H3. The minimum Gasteiger partial charge on any atom is -0.462 e. The Morgan fingerprint density at radius 1 is 1.39 bits per heavy atom. The van der Waals surface area contributed by atoms with Gasteiger partial charge in [0, 0.05) is 30.9 Å². The van der Waals surface area contributed by atoms with E-state index < -0.39 is 10.9 Å². The molecule has 1 aliphatic rings. The topological polar surface area (TPSA) is 84.7 Å². The average Bonchev–Trinajstić information content (AvgIpc) is 2.55. The van der Waals surface area contributed by atoms with Crippen molar-refractivity contribution in [2.45, 2.75) is 32.7 Å². The van der Waals surface area contributed by atoms with Gasteiger partial charge >= 0.3 is 5.97 Å². The van der Waals surface area contributed by atoms with E-state index in [0.29, 0.717) is 11.7 Å². The van der Waals surface area contributed by atoms with E-state index in [1.54, 1.807) is 13.0 Å². The molecule has 0 saturated carbocycles. The fourth-order valence-electron chi connectivity index (χ4n) is 2.79. The Kier molecular flexibility index (Phi) is 5.92. The monoisotopic (exact) mass is 321 g/mol. The van der Waals surface area contributed by atoms with E-state index in [4.69, 9.17) is 4.74 Å². The summed E-state index contributed by atoms with van der Waals surface area (Å²) < 4.78 is 4.91. The number of nitrogens with zero attached hydrogens (tertiary/aromatic N) is 2. The molecule has 1 aromatic rings. The number of carbonyl (C=O) groups excluding carboxylic acids is 1. The van der Waals surface area contributed by atoms with Crippen LogP contribution in [0.4, 0.5) is 11.4 Å². The molecule has 0 spiro atoms. The Morgan fingerprint density at radius 3 is 2.65 bits per heavy atom. The number of nitrogens with one attached hydrogen (secondary N) is 1. The Bertz CT molecular complexity index is 568. The van der Waals surface area contributed by atoms with Crippen molar-refractivity contribution in [2.24, 2.45) is 0 Å². The summed E-state index contributed by atoms with van der Waals surface area (Å²) >= 11 is 0. The number of nitro benzene ring substituents is 1. The first kappa shape index (κ1) is 17.2. The largest absolute Gasteiger partial charge is 0.462 e. The van der Waals surface area contributed by atoms with E-state index >= 15 is 0 Å². The van der Waals surface area contributed by atoms with Gasteiger partial charge in [0.05, 0.1) is 11.5 Å². The molecule has 7 heteroatoms. The fourth-order valence-corrected chi connectivity index (χ4v) is 2.79. The lowest BCUT2D eigenvalue weighted by molar-refractivity contribution is -0.385. The first-order valence-corrected chi connectivity index (χ1v) is 7.99. The summed E-state index contributed by atoms with van der Waals surface area (Å²) in [6.07, 6.45) is 2.03. The van der Waals surface area contributed by atoms with Gasteiger partial charge in [-0.2, -0.15) is 0 Å². The molecule has 7 nitrogen and oxygen atoms in total. The van der Waals surface area contributed by atoms with Crippen molar-refractivity contribution < 1.29 is 14.5 Å². The van der Waals surface area contributed by atoms with Gasteiger partial charge in [-0.3, -0.25) is 10.1 Å². The highest BCUT2D eigenvalue weighted by atomic mass is 16.6. The highest BCUT2D eigenvalue weighted by molar-refractivity contribution is 5.95. The van der Waals surface area contributed by atoms with Gasteiger partial charge in [-0.25, -0.2) is 4.79 Å². The van der Waals surface area contributed by atoms with E-state index in [2.05, 4.69) is 17.1 Å². The number of hydrogen-bond acceptors (Lipinski definition) is 6. The number of ether oxygens (including phenoxy) is 1. The Balaban J connectivity index is 2.12. The summed E-state index contributed by atoms with van der Waals surface area (Å²) in [5.74, 6) is -0.663. The molecule has 0 amide bonds. The number of hydrogen-bond donors (Lipinski definition) is 1. The molecular formula is C16H23N3O4. The van der Waals surface area contributed by atoms with Crippen LogP contribution in [-0.4, -0.2) is 48.1 Å². The predicted molar refractivity (Wildman–Crippen MR) is 87.8 cm³/mol. The molecule has 0 bridgehead atoms. The number of piperidine rings is 1. The van der Waals surface area contributed by atoms with Crippen LogP contribution in [0.3, 0.4) is 0 Å². The van der Waals surface area contributed by atoms with Crippen molar-refractivity contribution in [1.29, 1.82) is 0 Å². The van der Waals surface area contributed by atoms with Crippen molar-refractivity contribution in [3.05, 3.63) is 33.9 Å². The van der Waals surface area contributed by atoms with Gasteiger partial charge in [0.15, 0.2) is 0 Å². The number of rotatable bonds is 6. The molecule has 1 N–H and O–H groups in total. The molecule has 126 valence electrons. The van der Waals surface area contributed by atoms with Gasteiger partial charge in [0.25, 0.3) is 5.69 Å². The summed E-state index contributed by atoms with van der Waals surface area (Å²) in [6.45, 7) is 7.13. The molecule has 23 heavy (non-hydrogen) atoms. The van der Waals surface area contributed by atoms with Crippen LogP contribution >= 0.6 is 0 Å². The Morgan fingerprint density at radius 2 is 2.09 bits per heavy atom. The molecule has 0 unspecified atom stereocenters. The van der Waals surface area contributed by atoms with Crippen LogP contribution in [0.5, 0.6) is 0 Å².